The third-order valence-corrected chi connectivity index (χ3v) is 2.81. The van der Waals surface area contributed by atoms with Crippen LogP contribution in [0.2, 0.25) is 0 Å². The van der Waals surface area contributed by atoms with Gasteiger partial charge in [-0.2, -0.15) is 5.10 Å². The summed E-state index contributed by atoms with van der Waals surface area (Å²) in [7, 11) is 1.58. The zero-order valence-electron chi connectivity index (χ0n) is 10.6. The number of aliphatic hydroxyl groups excluding tert-OH is 1. The monoisotopic (exact) mass is 247 g/mol. The molecule has 2 heterocycles. The summed E-state index contributed by atoms with van der Waals surface area (Å²) in [5, 5.41) is 14.5. The first-order valence-electron chi connectivity index (χ1n) is 5.94. The minimum Gasteiger partial charge on any atom is -0.493 e. The Morgan fingerprint density at radius 1 is 1.44 bits per heavy atom. The fourth-order valence-electron chi connectivity index (χ4n) is 1.94. The molecule has 1 N–H and O–H groups in total. The number of nitrogens with zero attached hydrogens (tertiary/aromatic N) is 3. The maximum Gasteiger partial charge on any atom is 0.162 e. The molecule has 0 bridgehead atoms. The number of methoxy groups -OCH3 is 1. The van der Waals surface area contributed by atoms with Gasteiger partial charge in [0.1, 0.15) is 11.8 Å². The van der Waals surface area contributed by atoms with Crippen molar-refractivity contribution in [1.29, 1.82) is 0 Å². The van der Waals surface area contributed by atoms with Crippen molar-refractivity contribution in [2.45, 2.75) is 26.0 Å². The van der Waals surface area contributed by atoms with E-state index in [4.69, 9.17) is 4.74 Å². The normalized spacial score (nSPS) is 12.4. The van der Waals surface area contributed by atoms with E-state index in [2.05, 4.69) is 10.1 Å². The summed E-state index contributed by atoms with van der Waals surface area (Å²) in [5.74, 6) is 0.611. The van der Waals surface area contributed by atoms with Crippen LogP contribution in [0.1, 0.15) is 24.4 Å². The van der Waals surface area contributed by atoms with E-state index >= 15 is 0 Å². The molecule has 0 amide bonds. The molecule has 0 radical (unpaired) electrons. The van der Waals surface area contributed by atoms with Crippen LogP contribution in [0, 0.1) is 0 Å². The Morgan fingerprint density at radius 3 is 2.89 bits per heavy atom. The molecule has 0 saturated heterocycles. The van der Waals surface area contributed by atoms with E-state index in [0.29, 0.717) is 24.4 Å². The van der Waals surface area contributed by atoms with Gasteiger partial charge in [0.05, 0.1) is 13.3 Å². The lowest BCUT2D eigenvalue weighted by Crippen LogP contribution is -2.11. The van der Waals surface area contributed by atoms with Crippen molar-refractivity contribution in [3.63, 3.8) is 0 Å². The summed E-state index contributed by atoms with van der Waals surface area (Å²) >= 11 is 0. The fraction of sp³-hybridized carbons (Fsp3) is 0.385. The highest BCUT2D eigenvalue weighted by molar-refractivity contribution is 5.28. The van der Waals surface area contributed by atoms with Crippen molar-refractivity contribution < 1.29 is 9.84 Å². The Balaban J connectivity index is 2.22. The van der Waals surface area contributed by atoms with Crippen molar-refractivity contribution in [3.8, 4) is 5.75 Å². The van der Waals surface area contributed by atoms with Gasteiger partial charge in [0.25, 0.3) is 0 Å². The van der Waals surface area contributed by atoms with Gasteiger partial charge in [-0.25, -0.2) is 0 Å². The summed E-state index contributed by atoms with van der Waals surface area (Å²) < 4.78 is 6.97. The molecule has 5 nitrogen and oxygen atoms in total. The number of aryl methyl sites for hydroxylation is 1. The zero-order valence-corrected chi connectivity index (χ0v) is 10.6. The molecule has 1 unspecified atom stereocenters. The standard InChI is InChI=1S/C13H17N3O2/c1-3-16-13(12(18-2)9-15-16)11(17)8-10-6-4-5-7-14-10/h4-7,9,11,17H,3,8H2,1-2H3. The number of aromatic nitrogens is 3. The van der Waals surface area contributed by atoms with Gasteiger partial charge in [-0.15, -0.1) is 0 Å². The van der Waals surface area contributed by atoms with Crippen LogP contribution in [0.15, 0.2) is 30.6 Å². The SMILES string of the molecule is CCn1ncc(OC)c1C(O)Cc1ccccn1. The zero-order chi connectivity index (χ0) is 13.0. The third kappa shape index (κ3) is 2.51. The smallest absolute Gasteiger partial charge is 0.162 e. The Hall–Kier alpha value is -1.88. The molecular formula is C13H17N3O2. The number of pyridine rings is 1. The summed E-state index contributed by atoms with van der Waals surface area (Å²) in [6.07, 6.45) is 3.12. The lowest BCUT2D eigenvalue weighted by atomic mass is 10.1. The maximum atomic E-state index is 10.3. The van der Waals surface area contributed by atoms with E-state index in [9.17, 15) is 5.11 Å². The largest absolute Gasteiger partial charge is 0.493 e. The van der Waals surface area contributed by atoms with Crippen LogP contribution in [0.3, 0.4) is 0 Å². The van der Waals surface area contributed by atoms with Crippen molar-refractivity contribution in [2.24, 2.45) is 0 Å². The highest BCUT2D eigenvalue weighted by atomic mass is 16.5. The second-order valence-electron chi connectivity index (χ2n) is 3.95. The summed E-state index contributed by atoms with van der Waals surface area (Å²) in [6.45, 7) is 2.67. The van der Waals surface area contributed by atoms with E-state index in [0.717, 1.165) is 5.69 Å². The van der Waals surface area contributed by atoms with Crippen molar-refractivity contribution >= 4 is 0 Å². The molecule has 0 aromatic carbocycles. The van der Waals surface area contributed by atoms with E-state index in [1.54, 1.807) is 24.2 Å². The summed E-state index contributed by atoms with van der Waals surface area (Å²) in [6, 6.07) is 5.65. The van der Waals surface area contributed by atoms with Gasteiger partial charge in [0, 0.05) is 24.9 Å². The molecule has 96 valence electrons. The Morgan fingerprint density at radius 2 is 2.28 bits per heavy atom. The van der Waals surface area contributed by atoms with Crippen molar-refractivity contribution in [2.75, 3.05) is 7.11 Å². The van der Waals surface area contributed by atoms with Gasteiger partial charge in [-0.1, -0.05) is 6.07 Å². The maximum absolute atomic E-state index is 10.3. The molecule has 0 spiro atoms. The quantitative estimate of drug-likeness (QED) is 0.871. The molecule has 5 heteroatoms. The third-order valence-electron chi connectivity index (χ3n) is 2.81. The molecule has 2 aromatic heterocycles. The number of hydrogen-bond donors (Lipinski definition) is 1. The lowest BCUT2D eigenvalue weighted by Gasteiger charge is -2.13. The molecular weight excluding hydrogens is 230 g/mol. The first-order valence-corrected chi connectivity index (χ1v) is 5.94. The molecule has 0 aliphatic carbocycles. The second-order valence-corrected chi connectivity index (χ2v) is 3.95. The topological polar surface area (TPSA) is 60.2 Å². The molecule has 0 fully saturated rings. The van der Waals surface area contributed by atoms with E-state index in [-0.39, 0.29) is 0 Å². The molecule has 0 aliphatic heterocycles. The lowest BCUT2D eigenvalue weighted by molar-refractivity contribution is 0.161. The Kier molecular flexibility index (Phi) is 3.94. The number of hydrogen-bond acceptors (Lipinski definition) is 4. The predicted octanol–water partition coefficient (Wildman–Crippen LogP) is 1.58. The van der Waals surface area contributed by atoms with Crippen molar-refractivity contribution in [3.05, 3.63) is 42.0 Å². The van der Waals surface area contributed by atoms with Gasteiger partial charge < -0.3 is 9.84 Å². The average molecular weight is 247 g/mol. The first-order chi connectivity index (χ1) is 8.76. The number of rotatable bonds is 5. The number of ether oxygens (including phenoxy) is 1. The summed E-state index contributed by atoms with van der Waals surface area (Å²) in [4.78, 5) is 4.21. The van der Waals surface area contributed by atoms with E-state index in [1.165, 1.54) is 0 Å². The van der Waals surface area contributed by atoms with Crippen LogP contribution in [-0.4, -0.2) is 27.0 Å². The van der Waals surface area contributed by atoms with Crippen LogP contribution >= 0.6 is 0 Å². The first kappa shape index (κ1) is 12.6. The Labute approximate surface area is 106 Å². The van der Waals surface area contributed by atoms with E-state index in [1.807, 2.05) is 25.1 Å². The van der Waals surface area contributed by atoms with Crippen LogP contribution in [0.4, 0.5) is 0 Å². The highest BCUT2D eigenvalue weighted by Gasteiger charge is 2.19. The number of aliphatic hydroxyl groups is 1. The minimum absolute atomic E-state index is 0.447. The van der Waals surface area contributed by atoms with Crippen molar-refractivity contribution in [1.82, 2.24) is 14.8 Å². The van der Waals surface area contributed by atoms with Crippen LogP contribution in [-0.2, 0) is 13.0 Å². The van der Waals surface area contributed by atoms with Crippen LogP contribution < -0.4 is 4.74 Å². The molecule has 1 atom stereocenters. The van der Waals surface area contributed by atoms with Gasteiger partial charge in [0.15, 0.2) is 5.75 Å². The molecule has 18 heavy (non-hydrogen) atoms. The van der Waals surface area contributed by atoms with E-state index < -0.39 is 6.10 Å². The van der Waals surface area contributed by atoms with Crippen LogP contribution in [0.25, 0.3) is 0 Å². The van der Waals surface area contributed by atoms with Crippen LogP contribution in [0.5, 0.6) is 5.75 Å². The summed E-state index contributed by atoms with van der Waals surface area (Å²) in [5.41, 5.74) is 1.54. The fourth-order valence-corrected chi connectivity index (χ4v) is 1.94. The average Bonchev–Trinajstić information content (AvgIpc) is 2.82. The minimum atomic E-state index is -0.669. The van der Waals surface area contributed by atoms with Gasteiger partial charge in [-0.3, -0.25) is 9.67 Å². The molecule has 0 saturated carbocycles. The Bertz CT molecular complexity index is 475. The van der Waals surface area contributed by atoms with Gasteiger partial charge in [-0.05, 0) is 19.1 Å². The van der Waals surface area contributed by atoms with Gasteiger partial charge in [0.2, 0.25) is 0 Å². The molecule has 2 aromatic rings. The molecule has 2 rings (SSSR count). The second kappa shape index (κ2) is 5.64. The molecule has 0 aliphatic rings. The highest BCUT2D eigenvalue weighted by Crippen LogP contribution is 2.26. The predicted molar refractivity (Wildman–Crippen MR) is 67.4 cm³/mol. The van der Waals surface area contributed by atoms with Gasteiger partial charge >= 0.3 is 0 Å².